The molecule has 2 aliphatic heterocycles. The van der Waals surface area contributed by atoms with Crippen LogP contribution >= 0.6 is 0 Å². The number of ether oxygens (including phenoxy) is 1. The number of carbonyl (C=O) groups excluding carboxylic acids is 2. The van der Waals surface area contributed by atoms with Gasteiger partial charge in [-0.05, 0) is 99.6 Å². The lowest BCUT2D eigenvalue weighted by atomic mass is 9.79. The summed E-state index contributed by atoms with van der Waals surface area (Å²) in [5.74, 6) is 0.378. The van der Waals surface area contributed by atoms with Gasteiger partial charge in [0.05, 0.1) is 13.2 Å². The van der Waals surface area contributed by atoms with E-state index in [0.717, 1.165) is 16.5 Å². The molecule has 3 N–H and O–H groups in total. The number of piperidine rings is 1. The third-order valence-corrected chi connectivity index (χ3v) is 10.6. The van der Waals surface area contributed by atoms with Gasteiger partial charge in [0.15, 0.2) is 0 Å². The minimum atomic E-state index is -4.14. The van der Waals surface area contributed by atoms with Gasteiger partial charge < -0.3 is 15.8 Å². The van der Waals surface area contributed by atoms with Gasteiger partial charge in [-0.3, -0.25) is 14.7 Å². The highest BCUT2D eigenvalue weighted by atomic mass is 32.2. The minimum Gasteiger partial charge on any atom is -0.383 e. The molecular formula is C30H42F3N5O5S. The fourth-order valence-corrected chi connectivity index (χ4v) is 7.61. The number of hydrogen-bond acceptors (Lipinski definition) is 6. The van der Waals surface area contributed by atoms with Crippen molar-refractivity contribution in [3.05, 3.63) is 34.2 Å². The number of halogens is 3. The van der Waals surface area contributed by atoms with E-state index in [1.165, 1.54) is 16.3 Å². The second-order valence-corrected chi connectivity index (χ2v) is 13.9. The lowest BCUT2D eigenvalue weighted by Crippen LogP contribution is -2.50. The van der Waals surface area contributed by atoms with Crippen molar-refractivity contribution >= 4 is 39.6 Å². The van der Waals surface area contributed by atoms with Crippen molar-refractivity contribution in [2.24, 2.45) is 22.6 Å². The fraction of sp³-hybridized carbons (Fsp3) is 0.633. The quantitative estimate of drug-likeness (QED) is 0.384. The number of primary amides is 1. The van der Waals surface area contributed by atoms with E-state index in [9.17, 15) is 31.2 Å². The SMILES string of the molecule is COCCN(C(N)=O)c1cc(C)c(/C=C/S(=O)(=O)N2CCC3(CC2)N=C(C2CCC(CCC(F)(F)F)CC2)NC3=O)c(C)c1. The third-order valence-electron chi connectivity index (χ3n) is 9.06. The highest BCUT2D eigenvalue weighted by Gasteiger charge is 2.48. The van der Waals surface area contributed by atoms with Gasteiger partial charge in [-0.2, -0.15) is 17.5 Å². The number of amides is 3. The number of carbonyl (C=O) groups is 2. The van der Waals surface area contributed by atoms with Gasteiger partial charge >= 0.3 is 12.2 Å². The van der Waals surface area contributed by atoms with Crippen LogP contribution in [0.3, 0.4) is 0 Å². The number of nitrogens with one attached hydrogen (secondary N) is 1. The van der Waals surface area contributed by atoms with Crippen molar-refractivity contribution < 1.29 is 35.9 Å². The lowest BCUT2D eigenvalue weighted by molar-refractivity contribution is -0.138. The first kappa shape index (κ1) is 33.9. The number of nitrogens with two attached hydrogens (primary N) is 1. The van der Waals surface area contributed by atoms with E-state index in [-0.39, 0.29) is 56.6 Å². The van der Waals surface area contributed by atoms with Gasteiger partial charge in [0.1, 0.15) is 11.4 Å². The minimum absolute atomic E-state index is 0.00180. The van der Waals surface area contributed by atoms with Gasteiger partial charge in [-0.25, -0.2) is 13.2 Å². The summed E-state index contributed by atoms with van der Waals surface area (Å²) in [6.45, 7) is 4.50. The number of aliphatic imine (C=N–C) groups is 1. The molecule has 3 amide bonds. The second-order valence-electron chi connectivity index (χ2n) is 12.1. The van der Waals surface area contributed by atoms with Crippen molar-refractivity contribution in [1.82, 2.24) is 9.62 Å². The zero-order valence-corrected chi connectivity index (χ0v) is 26.3. The zero-order valence-electron chi connectivity index (χ0n) is 25.5. The van der Waals surface area contributed by atoms with Gasteiger partial charge in [-0.15, -0.1) is 0 Å². The average Bonchev–Trinajstić information content (AvgIpc) is 3.26. The molecule has 2 heterocycles. The monoisotopic (exact) mass is 641 g/mol. The van der Waals surface area contributed by atoms with Gasteiger partial charge in [0, 0.05) is 43.6 Å². The summed E-state index contributed by atoms with van der Waals surface area (Å²) in [5.41, 5.74) is 7.36. The third kappa shape index (κ3) is 7.99. The van der Waals surface area contributed by atoms with Gasteiger partial charge in [-0.1, -0.05) is 0 Å². The first-order valence-electron chi connectivity index (χ1n) is 15.0. The summed E-state index contributed by atoms with van der Waals surface area (Å²) in [6.07, 6.45) is -0.0667. The molecule has 0 radical (unpaired) electrons. The van der Waals surface area contributed by atoms with Crippen LogP contribution in [-0.4, -0.2) is 75.6 Å². The summed E-state index contributed by atoms with van der Waals surface area (Å²) in [4.78, 5) is 31.1. The van der Waals surface area contributed by atoms with Crippen LogP contribution in [-0.2, 0) is 19.6 Å². The van der Waals surface area contributed by atoms with Crippen LogP contribution in [0.25, 0.3) is 6.08 Å². The summed E-state index contributed by atoms with van der Waals surface area (Å²) in [7, 11) is -2.27. The molecule has 1 aromatic rings. The lowest BCUT2D eigenvalue weighted by Gasteiger charge is -2.34. The van der Waals surface area contributed by atoms with E-state index >= 15 is 0 Å². The molecule has 2 fully saturated rings. The Morgan fingerprint density at radius 2 is 1.80 bits per heavy atom. The molecule has 1 saturated carbocycles. The van der Waals surface area contributed by atoms with Crippen molar-refractivity contribution in [2.45, 2.75) is 76.9 Å². The molecule has 1 spiro atoms. The highest BCUT2D eigenvalue weighted by Crippen LogP contribution is 2.38. The summed E-state index contributed by atoms with van der Waals surface area (Å²) < 4.78 is 70.7. The number of sulfonamides is 1. The molecule has 10 nitrogen and oxygen atoms in total. The highest BCUT2D eigenvalue weighted by molar-refractivity contribution is 7.92. The molecule has 4 rings (SSSR count). The molecule has 1 aliphatic carbocycles. The number of methoxy groups -OCH3 is 1. The number of benzene rings is 1. The summed E-state index contributed by atoms with van der Waals surface area (Å²) >= 11 is 0. The van der Waals surface area contributed by atoms with Crippen LogP contribution in [0.5, 0.6) is 0 Å². The number of nitrogens with zero attached hydrogens (tertiary/aromatic N) is 3. The van der Waals surface area contributed by atoms with Crippen molar-refractivity contribution in [3.8, 4) is 0 Å². The van der Waals surface area contributed by atoms with E-state index in [1.54, 1.807) is 18.2 Å². The number of hydrogen-bond donors (Lipinski definition) is 2. The van der Waals surface area contributed by atoms with Crippen LogP contribution in [0.4, 0.5) is 23.7 Å². The number of aryl methyl sites for hydroxylation is 2. The molecule has 3 aliphatic rings. The number of anilines is 1. The maximum absolute atomic E-state index is 13.3. The van der Waals surface area contributed by atoms with Gasteiger partial charge in [0.25, 0.3) is 5.91 Å². The average molecular weight is 642 g/mol. The van der Waals surface area contributed by atoms with Crippen LogP contribution in [0.15, 0.2) is 22.5 Å². The smallest absolute Gasteiger partial charge is 0.383 e. The Balaban J connectivity index is 1.37. The van der Waals surface area contributed by atoms with Crippen molar-refractivity contribution in [2.75, 3.05) is 38.3 Å². The van der Waals surface area contributed by atoms with E-state index in [0.29, 0.717) is 49.4 Å². The Bertz CT molecular complexity index is 1370. The number of amidine groups is 1. The normalized spacial score (nSPS) is 22.8. The summed E-state index contributed by atoms with van der Waals surface area (Å²) in [5, 5.41) is 4.07. The zero-order chi connectivity index (χ0) is 32.3. The summed E-state index contributed by atoms with van der Waals surface area (Å²) in [6, 6.07) is 2.93. The molecular weight excluding hydrogens is 599 g/mol. The largest absolute Gasteiger partial charge is 0.389 e. The Labute approximate surface area is 256 Å². The van der Waals surface area contributed by atoms with E-state index in [1.807, 2.05) is 13.8 Å². The second kappa shape index (κ2) is 13.6. The molecule has 0 atom stereocenters. The predicted octanol–water partition coefficient (Wildman–Crippen LogP) is 4.65. The molecule has 44 heavy (non-hydrogen) atoms. The van der Waals surface area contributed by atoms with Crippen molar-refractivity contribution in [1.29, 1.82) is 0 Å². The van der Waals surface area contributed by atoms with Crippen LogP contribution < -0.4 is 16.0 Å². The Morgan fingerprint density at radius 3 is 2.34 bits per heavy atom. The maximum Gasteiger partial charge on any atom is 0.389 e. The predicted molar refractivity (Wildman–Crippen MR) is 163 cm³/mol. The Hall–Kier alpha value is -2.97. The molecule has 1 aromatic carbocycles. The molecule has 0 bridgehead atoms. The molecule has 14 heteroatoms. The first-order valence-corrected chi connectivity index (χ1v) is 16.5. The van der Waals surface area contributed by atoms with E-state index in [2.05, 4.69) is 5.32 Å². The van der Waals surface area contributed by atoms with Crippen LogP contribution in [0, 0.1) is 25.7 Å². The first-order chi connectivity index (χ1) is 20.6. The molecule has 0 aromatic heterocycles. The van der Waals surface area contributed by atoms with Crippen molar-refractivity contribution in [3.63, 3.8) is 0 Å². The standard InChI is InChI=1S/C30H42F3N5O5S/c1-20-18-24(38(28(34)40)15-16-43-3)19-21(2)25(20)9-17-44(41,42)37-13-11-29(12-14-37)27(39)35-26(36-29)23-6-4-22(5-7-23)8-10-30(31,32)33/h9,17-19,22-23H,4-8,10-16H2,1-3H3,(H2,34,40)(H,35,36,39)/b17-9+. The molecule has 244 valence electrons. The topological polar surface area (TPSA) is 134 Å². The fourth-order valence-electron chi connectivity index (χ4n) is 6.44. The Kier molecular flexibility index (Phi) is 10.5. The maximum atomic E-state index is 13.3. The Morgan fingerprint density at radius 1 is 1.18 bits per heavy atom. The van der Waals surface area contributed by atoms with E-state index in [4.69, 9.17) is 15.5 Å². The van der Waals surface area contributed by atoms with Crippen LogP contribution in [0.2, 0.25) is 0 Å². The molecule has 0 unspecified atom stereocenters. The number of alkyl halides is 3. The van der Waals surface area contributed by atoms with E-state index < -0.39 is 34.2 Å². The molecule has 1 saturated heterocycles. The van der Waals surface area contributed by atoms with Crippen LogP contribution in [0.1, 0.15) is 68.1 Å². The number of urea groups is 1. The van der Waals surface area contributed by atoms with Gasteiger partial charge in [0.2, 0.25) is 10.0 Å². The number of rotatable bonds is 10.